The standard InChI is InChI=1S/C20H24N2O3S/c1-20(2,3)17-6-8-18(9-7-17)26(25)22-11-10-14-12-15(19(23)21-24)4-5-16(14)13-22/h4-9,12,24H,10-11,13H2,1-3H3,(H,21,23). The fourth-order valence-corrected chi connectivity index (χ4v) is 4.28. The number of amides is 1. The molecule has 1 aliphatic heterocycles. The summed E-state index contributed by atoms with van der Waals surface area (Å²) in [7, 11) is -1.21. The first-order chi connectivity index (χ1) is 12.3. The molecule has 6 heteroatoms. The van der Waals surface area contributed by atoms with Gasteiger partial charge in [-0.2, -0.15) is 0 Å². The predicted octanol–water partition coefficient (Wildman–Crippen LogP) is 3.18. The molecule has 0 fully saturated rings. The molecule has 0 aromatic heterocycles. The van der Waals surface area contributed by atoms with E-state index in [0.717, 1.165) is 16.0 Å². The van der Waals surface area contributed by atoms with Crippen LogP contribution in [0.15, 0.2) is 47.4 Å². The highest BCUT2D eigenvalue weighted by Crippen LogP contribution is 2.26. The number of fused-ring (bicyclic) bond motifs is 1. The maximum atomic E-state index is 12.9. The van der Waals surface area contributed by atoms with E-state index in [0.29, 0.717) is 25.1 Å². The molecule has 1 heterocycles. The maximum absolute atomic E-state index is 12.9. The Bertz CT molecular complexity index is 841. The first kappa shape index (κ1) is 18.8. The van der Waals surface area contributed by atoms with E-state index >= 15 is 0 Å². The minimum Gasteiger partial charge on any atom is -0.288 e. The van der Waals surface area contributed by atoms with Gasteiger partial charge >= 0.3 is 0 Å². The third kappa shape index (κ3) is 3.87. The summed E-state index contributed by atoms with van der Waals surface area (Å²) in [6.45, 7) is 7.71. The lowest BCUT2D eigenvalue weighted by atomic mass is 9.87. The third-order valence-corrected chi connectivity index (χ3v) is 6.16. The highest BCUT2D eigenvalue weighted by atomic mass is 32.2. The Morgan fingerprint density at radius 3 is 2.42 bits per heavy atom. The van der Waals surface area contributed by atoms with Crippen LogP contribution in [-0.4, -0.2) is 26.2 Å². The van der Waals surface area contributed by atoms with Crippen molar-refractivity contribution < 1.29 is 14.2 Å². The van der Waals surface area contributed by atoms with Crippen molar-refractivity contribution >= 4 is 16.9 Å². The van der Waals surface area contributed by atoms with Gasteiger partial charge in [0, 0.05) is 18.7 Å². The number of nitrogens with one attached hydrogen (secondary N) is 1. The second-order valence-corrected chi connectivity index (χ2v) is 9.05. The minimum absolute atomic E-state index is 0.0721. The van der Waals surface area contributed by atoms with Gasteiger partial charge in [-0.05, 0) is 52.8 Å². The summed E-state index contributed by atoms with van der Waals surface area (Å²) in [6.07, 6.45) is 0.716. The van der Waals surface area contributed by atoms with Gasteiger partial charge in [-0.15, -0.1) is 0 Å². The van der Waals surface area contributed by atoms with Crippen LogP contribution < -0.4 is 5.48 Å². The Morgan fingerprint density at radius 1 is 1.12 bits per heavy atom. The Balaban J connectivity index is 1.76. The van der Waals surface area contributed by atoms with Crippen molar-refractivity contribution in [3.8, 4) is 0 Å². The smallest absolute Gasteiger partial charge is 0.274 e. The Morgan fingerprint density at radius 2 is 1.81 bits per heavy atom. The van der Waals surface area contributed by atoms with Gasteiger partial charge in [0.05, 0.1) is 4.90 Å². The monoisotopic (exact) mass is 372 g/mol. The summed E-state index contributed by atoms with van der Waals surface area (Å²) in [5, 5.41) is 8.75. The average Bonchev–Trinajstić information content (AvgIpc) is 2.65. The number of carbonyl (C=O) groups is 1. The van der Waals surface area contributed by atoms with Crippen LogP contribution in [-0.2, 0) is 29.4 Å². The molecule has 0 radical (unpaired) electrons. The second kappa shape index (κ2) is 7.31. The van der Waals surface area contributed by atoms with E-state index in [4.69, 9.17) is 5.21 Å². The molecular weight excluding hydrogens is 348 g/mol. The van der Waals surface area contributed by atoms with Crippen molar-refractivity contribution in [2.45, 2.75) is 44.0 Å². The lowest BCUT2D eigenvalue weighted by molar-refractivity contribution is 0.0706. The van der Waals surface area contributed by atoms with E-state index in [-0.39, 0.29) is 5.41 Å². The number of hydrogen-bond donors (Lipinski definition) is 2. The number of rotatable bonds is 3. The molecule has 0 spiro atoms. The summed E-state index contributed by atoms with van der Waals surface area (Å²) in [4.78, 5) is 12.3. The van der Waals surface area contributed by atoms with Crippen LogP contribution in [0.5, 0.6) is 0 Å². The molecule has 3 rings (SSSR count). The highest BCUT2D eigenvalue weighted by molar-refractivity contribution is 7.82. The lowest BCUT2D eigenvalue weighted by Crippen LogP contribution is -2.32. The molecule has 138 valence electrons. The lowest BCUT2D eigenvalue weighted by Gasteiger charge is -2.28. The van der Waals surface area contributed by atoms with Gasteiger partial charge in [0.2, 0.25) is 0 Å². The molecule has 0 saturated heterocycles. The number of benzene rings is 2. The Labute approximate surface area is 156 Å². The zero-order valence-electron chi connectivity index (χ0n) is 15.3. The summed E-state index contributed by atoms with van der Waals surface area (Å²) >= 11 is 0. The van der Waals surface area contributed by atoms with Crippen molar-refractivity contribution in [1.29, 1.82) is 0 Å². The molecule has 0 aliphatic carbocycles. The van der Waals surface area contributed by atoms with Crippen LogP contribution >= 0.6 is 0 Å². The fourth-order valence-electron chi connectivity index (χ4n) is 3.09. The average molecular weight is 372 g/mol. The molecule has 1 amide bonds. The van der Waals surface area contributed by atoms with Crippen LogP contribution in [0.4, 0.5) is 0 Å². The summed E-state index contributed by atoms with van der Waals surface area (Å²) in [5.41, 5.74) is 5.49. The normalized spacial score (nSPS) is 16.0. The van der Waals surface area contributed by atoms with E-state index in [2.05, 4.69) is 20.8 Å². The Kier molecular flexibility index (Phi) is 5.27. The van der Waals surface area contributed by atoms with Crippen LogP contribution in [0.3, 0.4) is 0 Å². The van der Waals surface area contributed by atoms with E-state index in [1.807, 2.05) is 34.6 Å². The minimum atomic E-state index is -1.21. The molecule has 5 nitrogen and oxygen atoms in total. The van der Waals surface area contributed by atoms with E-state index in [9.17, 15) is 9.00 Å². The molecule has 1 unspecified atom stereocenters. The molecule has 1 aliphatic rings. The highest BCUT2D eigenvalue weighted by Gasteiger charge is 2.23. The molecule has 2 aromatic rings. The summed E-state index contributed by atoms with van der Waals surface area (Å²) in [6, 6.07) is 13.3. The van der Waals surface area contributed by atoms with Crippen molar-refractivity contribution in [1.82, 2.24) is 9.79 Å². The van der Waals surface area contributed by atoms with Crippen molar-refractivity contribution in [3.05, 3.63) is 64.7 Å². The molecule has 1 atom stereocenters. The maximum Gasteiger partial charge on any atom is 0.274 e. The van der Waals surface area contributed by atoms with Gasteiger partial charge in [0.1, 0.15) is 11.0 Å². The van der Waals surface area contributed by atoms with Gasteiger partial charge in [0.25, 0.3) is 5.91 Å². The van der Waals surface area contributed by atoms with Gasteiger partial charge in [-0.3, -0.25) is 10.0 Å². The van der Waals surface area contributed by atoms with Crippen molar-refractivity contribution in [3.63, 3.8) is 0 Å². The summed E-state index contributed by atoms with van der Waals surface area (Å²) < 4.78 is 14.9. The fraction of sp³-hybridized carbons (Fsp3) is 0.350. The molecular formula is C20H24N2O3S. The van der Waals surface area contributed by atoms with Gasteiger partial charge in [0.15, 0.2) is 0 Å². The molecule has 26 heavy (non-hydrogen) atoms. The number of hydroxylamine groups is 1. The summed E-state index contributed by atoms with van der Waals surface area (Å²) in [5.74, 6) is -0.516. The second-order valence-electron chi connectivity index (χ2n) is 7.56. The molecule has 0 saturated carbocycles. The van der Waals surface area contributed by atoms with E-state index < -0.39 is 16.9 Å². The van der Waals surface area contributed by atoms with Gasteiger partial charge in [-0.25, -0.2) is 14.0 Å². The predicted molar refractivity (Wildman–Crippen MR) is 101 cm³/mol. The SMILES string of the molecule is CC(C)(C)c1ccc(S(=O)N2CCc3cc(C(=O)NO)ccc3C2)cc1. The largest absolute Gasteiger partial charge is 0.288 e. The number of nitrogens with zero attached hydrogens (tertiary/aromatic N) is 1. The quantitative estimate of drug-likeness (QED) is 0.642. The molecule has 2 aromatic carbocycles. The van der Waals surface area contributed by atoms with Gasteiger partial charge in [-0.1, -0.05) is 39.0 Å². The number of hydrogen-bond acceptors (Lipinski definition) is 3. The van der Waals surface area contributed by atoms with Crippen LogP contribution in [0, 0.1) is 0 Å². The van der Waals surface area contributed by atoms with Crippen molar-refractivity contribution in [2.24, 2.45) is 0 Å². The first-order valence-electron chi connectivity index (χ1n) is 8.63. The van der Waals surface area contributed by atoms with Crippen LogP contribution in [0.1, 0.15) is 47.8 Å². The van der Waals surface area contributed by atoms with Gasteiger partial charge < -0.3 is 0 Å². The zero-order valence-corrected chi connectivity index (χ0v) is 16.1. The molecule has 0 bridgehead atoms. The first-order valence-corrected chi connectivity index (χ1v) is 9.74. The van der Waals surface area contributed by atoms with Crippen LogP contribution in [0.2, 0.25) is 0 Å². The number of carbonyl (C=O) groups excluding carboxylic acids is 1. The molecule has 2 N–H and O–H groups in total. The third-order valence-electron chi connectivity index (χ3n) is 4.70. The van der Waals surface area contributed by atoms with E-state index in [1.54, 1.807) is 17.6 Å². The van der Waals surface area contributed by atoms with Crippen molar-refractivity contribution in [2.75, 3.05) is 6.54 Å². The Hall–Kier alpha value is -2.02. The van der Waals surface area contributed by atoms with E-state index in [1.165, 1.54) is 5.56 Å². The topological polar surface area (TPSA) is 69.6 Å². The zero-order chi connectivity index (χ0) is 18.9. The van der Waals surface area contributed by atoms with Crippen LogP contribution in [0.25, 0.3) is 0 Å².